The van der Waals surface area contributed by atoms with Gasteiger partial charge in [0.1, 0.15) is 12.4 Å². The highest BCUT2D eigenvalue weighted by atomic mass is 19.1. The number of halogens is 2. The summed E-state index contributed by atoms with van der Waals surface area (Å²) in [6, 6.07) is 23.5. The van der Waals surface area contributed by atoms with Gasteiger partial charge < -0.3 is 10.1 Å². The minimum Gasteiger partial charge on any atom is -0.486 e. The third-order valence-electron chi connectivity index (χ3n) is 6.90. The van der Waals surface area contributed by atoms with Crippen LogP contribution in [0.15, 0.2) is 72.8 Å². The van der Waals surface area contributed by atoms with Crippen molar-refractivity contribution in [2.75, 3.05) is 0 Å². The molecule has 2 aliphatic rings. The van der Waals surface area contributed by atoms with E-state index in [9.17, 15) is 8.78 Å². The second-order valence-corrected chi connectivity index (χ2v) is 9.15. The zero-order valence-corrected chi connectivity index (χ0v) is 18.1. The lowest BCUT2D eigenvalue weighted by atomic mass is 9.82. The summed E-state index contributed by atoms with van der Waals surface area (Å²) in [7, 11) is 0. The maximum atomic E-state index is 14.6. The first kappa shape index (κ1) is 21.1. The largest absolute Gasteiger partial charge is 0.486 e. The number of benzene rings is 3. The maximum absolute atomic E-state index is 14.6. The van der Waals surface area contributed by atoms with Crippen molar-refractivity contribution in [2.24, 2.45) is 0 Å². The molecule has 0 radical (unpaired) electrons. The molecule has 2 fully saturated rings. The molecule has 2 aliphatic carbocycles. The standard InChI is InChI=1S/C28H29F2NO/c29-22-15-25(28(26(30)16-22)32-18-19-7-3-1-4-8-19)24-17-27(24)31-23-13-11-21(12-14-23)20-9-5-2-6-10-20/h1-10,15-16,21,23-24,27,31H,11-14,17-18H2. The molecule has 4 heteroatoms. The van der Waals surface area contributed by atoms with Gasteiger partial charge in [0.05, 0.1) is 0 Å². The Hall–Kier alpha value is -2.72. The minimum absolute atomic E-state index is 0.0952. The normalized spacial score (nSPS) is 24.8. The second-order valence-electron chi connectivity index (χ2n) is 9.15. The molecule has 0 bridgehead atoms. The summed E-state index contributed by atoms with van der Waals surface area (Å²) >= 11 is 0. The van der Waals surface area contributed by atoms with E-state index < -0.39 is 11.6 Å². The molecule has 2 atom stereocenters. The van der Waals surface area contributed by atoms with Gasteiger partial charge in [-0.3, -0.25) is 0 Å². The topological polar surface area (TPSA) is 21.3 Å². The first-order chi connectivity index (χ1) is 15.7. The lowest BCUT2D eigenvalue weighted by Gasteiger charge is -2.29. The Morgan fingerprint density at radius 3 is 2.25 bits per heavy atom. The molecular formula is C28H29F2NO. The fourth-order valence-electron chi connectivity index (χ4n) is 5.08. The molecule has 5 rings (SSSR count). The van der Waals surface area contributed by atoms with Gasteiger partial charge in [0.25, 0.3) is 0 Å². The van der Waals surface area contributed by atoms with Crippen LogP contribution in [0, 0.1) is 11.6 Å². The van der Waals surface area contributed by atoms with E-state index in [1.807, 2.05) is 30.3 Å². The number of hydrogen-bond acceptors (Lipinski definition) is 2. The van der Waals surface area contributed by atoms with Crippen LogP contribution in [0.1, 0.15) is 60.6 Å². The van der Waals surface area contributed by atoms with Gasteiger partial charge >= 0.3 is 0 Å². The Balaban J connectivity index is 1.20. The van der Waals surface area contributed by atoms with Crippen LogP contribution in [0.2, 0.25) is 0 Å². The van der Waals surface area contributed by atoms with Crippen LogP contribution in [0.3, 0.4) is 0 Å². The van der Waals surface area contributed by atoms with Crippen molar-refractivity contribution in [3.8, 4) is 5.75 Å². The zero-order chi connectivity index (χ0) is 21.9. The molecule has 0 amide bonds. The van der Waals surface area contributed by atoms with E-state index in [-0.39, 0.29) is 24.3 Å². The minimum atomic E-state index is -0.620. The molecule has 0 heterocycles. The van der Waals surface area contributed by atoms with Gasteiger partial charge in [0.15, 0.2) is 11.6 Å². The van der Waals surface area contributed by atoms with E-state index in [2.05, 4.69) is 35.6 Å². The Kier molecular flexibility index (Phi) is 6.22. The summed E-state index contributed by atoms with van der Waals surface area (Å²) in [4.78, 5) is 0. The number of ether oxygens (including phenoxy) is 1. The van der Waals surface area contributed by atoms with Crippen LogP contribution >= 0.6 is 0 Å². The predicted octanol–water partition coefficient (Wildman–Crippen LogP) is 6.72. The average molecular weight is 434 g/mol. The molecular weight excluding hydrogens is 404 g/mol. The Morgan fingerprint density at radius 2 is 1.53 bits per heavy atom. The number of nitrogens with one attached hydrogen (secondary N) is 1. The van der Waals surface area contributed by atoms with Crippen LogP contribution in [-0.2, 0) is 6.61 Å². The summed E-state index contributed by atoms with van der Waals surface area (Å²) in [5.41, 5.74) is 3.04. The van der Waals surface area contributed by atoms with Gasteiger partial charge in [-0.2, -0.15) is 0 Å². The molecule has 0 spiro atoms. The van der Waals surface area contributed by atoms with Gasteiger partial charge in [0, 0.05) is 29.6 Å². The van der Waals surface area contributed by atoms with Crippen LogP contribution in [0.4, 0.5) is 8.78 Å². The van der Waals surface area contributed by atoms with Gasteiger partial charge in [-0.05, 0) is 55.2 Å². The van der Waals surface area contributed by atoms with Gasteiger partial charge in [-0.1, -0.05) is 60.7 Å². The van der Waals surface area contributed by atoms with E-state index in [4.69, 9.17) is 4.74 Å². The fourth-order valence-corrected chi connectivity index (χ4v) is 5.08. The quantitative estimate of drug-likeness (QED) is 0.447. The van der Waals surface area contributed by atoms with Gasteiger partial charge in [0.2, 0.25) is 0 Å². The summed E-state index contributed by atoms with van der Waals surface area (Å²) in [5, 5.41) is 3.75. The maximum Gasteiger partial charge on any atom is 0.168 e. The lowest BCUT2D eigenvalue weighted by molar-refractivity contribution is 0.285. The molecule has 2 nitrogen and oxygen atoms in total. The highest BCUT2D eigenvalue weighted by Gasteiger charge is 2.42. The van der Waals surface area contributed by atoms with Crippen molar-refractivity contribution in [1.29, 1.82) is 0 Å². The average Bonchev–Trinajstić information content (AvgIpc) is 3.59. The summed E-state index contributed by atoms with van der Waals surface area (Å²) in [5.74, 6) is -0.238. The molecule has 0 saturated heterocycles. The predicted molar refractivity (Wildman–Crippen MR) is 123 cm³/mol. The SMILES string of the molecule is Fc1cc(F)c(OCc2ccccc2)c(C2CC2NC2CCC(c3ccccc3)CC2)c1. The van der Waals surface area contributed by atoms with Crippen LogP contribution in [0.25, 0.3) is 0 Å². The molecule has 3 aromatic rings. The van der Waals surface area contributed by atoms with Crippen molar-refractivity contribution >= 4 is 0 Å². The number of rotatable bonds is 7. The highest BCUT2D eigenvalue weighted by Crippen LogP contribution is 2.47. The van der Waals surface area contributed by atoms with Crippen molar-refractivity contribution in [3.63, 3.8) is 0 Å². The van der Waals surface area contributed by atoms with Crippen molar-refractivity contribution in [2.45, 2.75) is 62.6 Å². The molecule has 166 valence electrons. The Bertz CT molecular complexity index is 1030. The van der Waals surface area contributed by atoms with Crippen LogP contribution < -0.4 is 10.1 Å². The third kappa shape index (κ3) is 4.86. The zero-order valence-electron chi connectivity index (χ0n) is 18.1. The number of hydrogen-bond donors (Lipinski definition) is 1. The smallest absolute Gasteiger partial charge is 0.168 e. The summed E-state index contributed by atoms with van der Waals surface area (Å²) < 4.78 is 34.5. The van der Waals surface area contributed by atoms with Crippen molar-refractivity contribution < 1.29 is 13.5 Å². The molecule has 0 aromatic heterocycles. The molecule has 3 aromatic carbocycles. The van der Waals surface area contributed by atoms with Crippen LogP contribution in [0.5, 0.6) is 5.75 Å². The highest BCUT2D eigenvalue weighted by molar-refractivity contribution is 5.42. The molecule has 2 unspecified atom stereocenters. The van der Waals surface area contributed by atoms with E-state index in [1.54, 1.807) is 0 Å². The monoisotopic (exact) mass is 433 g/mol. The fraction of sp³-hybridized carbons (Fsp3) is 0.357. The van der Waals surface area contributed by atoms with E-state index in [0.717, 1.165) is 30.9 Å². The van der Waals surface area contributed by atoms with Gasteiger partial charge in [-0.25, -0.2) is 8.78 Å². The van der Waals surface area contributed by atoms with E-state index in [0.29, 0.717) is 17.5 Å². The molecule has 32 heavy (non-hydrogen) atoms. The summed E-state index contributed by atoms with van der Waals surface area (Å²) in [6.45, 7) is 0.269. The lowest BCUT2D eigenvalue weighted by Crippen LogP contribution is -2.34. The Labute approximate surface area is 188 Å². The molecule has 2 saturated carbocycles. The van der Waals surface area contributed by atoms with Gasteiger partial charge in [-0.15, -0.1) is 0 Å². The molecule has 0 aliphatic heterocycles. The third-order valence-corrected chi connectivity index (χ3v) is 6.90. The Morgan fingerprint density at radius 1 is 0.844 bits per heavy atom. The van der Waals surface area contributed by atoms with Crippen molar-refractivity contribution in [3.05, 3.63) is 101 Å². The first-order valence-electron chi connectivity index (χ1n) is 11.6. The van der Waals surface area contributed by atoms with Crippen LogP contribution in [-0.4, -0.2) is 12.1 Å². The second kappa shape index (κ2) is 9.41. The van der Waals surface area contributed by atoms with E-state index in [1.165, 1.54) is 24.5 Å². The molecule has 1 N–H and O–H groups in total. The first-order valence-corrected chi connectivity index (χ1v) is 11.6. The van der Waals surface area contributed by atoms with E-state index >= 15 is 0 Å². The van der Waals surface area contributed by atoms with Crippen molar-refractivity contribution in [1.82, 2.24) is 5.32 Å². The summed E-state index contributed by atoms with van der Waals surface area (Å²) in [6.07, 6.45) is 5.52.